The molecule has 0 saturated carbocycles. The average Bonchev–Trinajstić information content (AvgIpc) is 2.73. The zero-order chi connectivity index (χ0) is 21.6. The van der Waals surface area contributed by atoms with Gasteiger partial charge in [0.25, 0.3) is 0 Å². The number of halogens is 1. The summed E-state index contributed by atoms with van der Waals surface area (Å²) in [5.41, 5.74) is 0.557. The van der Waals surface area contributed by atoms with E-state index in [9.17, 15) is 17.6 Å². The van der Waals surface area contributed by atoms with Crippen LogP contribution in [0.3, 0.4) is 0 Å². The molecule has 2 aliphatic rings. The Hall–Kier alpha value is -1.55. The molecule has 2 heterocycles. The first-order valence-corrected chi connectivity index (χ1v) is 12.3. The summed E-state index contributed by atoms with van der Waals surface area (Å²) >= 11 is 0. The summed E-state index contributed by atoms with van der Waals surface area (Å²) < 4.78 is 46.1. The number of carbonyl (C=O) groups excluding carboxylic acids is 1. The zero-order valence-electron chi connectivity index (χ0n) is 17.6. The highest BCUT2D eigenvalue weighted by molar-refractivity contribution is 7.88. The van der Waals surface area contributed by atoms with Crippen molar-refractivity contribution in [1.29, 1.82) is 0 Å². The van der Waals surface area contributed by atoms with Gasteiger partial charge in [0, 0.05) is 58.4 Å². The minimum atomic E-state index is -3.50. The van der Waals surface area contributed by atoms with Crippen LogP contribution >= 0.6 is 0 Å². The number of nitrogens with one attached hydrogen (secondary N) is 1. The van der Waals surface area contributed by atoms with Crippen LogP contribution in [0.4, 0.5) is 4.39 Å². The molecule has 168 valence electrons. The first-order valence-electron chi connectivity index (χ1n) is 10.6. The molecule has 0 aliphatic carbocycles. The molecule has 2 aliphatic heterocycles. The van der Waals surface area contributed by atoms with Crippen molar-refractivity contribution in [3.63, 3.8) is 0 Å². The molecular weight excluding hydrogens is 409 g/mol. The lowest BCUT2D eigenvalue weighted by molar-refractivity contribution is -0.130. The van der Waals surface area contributed by atoms with E-state index in [0.29, 0.717) is 30.7 Å². The molecule has 0 aromatic heterocycles. The highest BCUT2D eigenvalue weighted by Crippen LogP contribution is 2.23. The van der Waals surface area contributed by atoms with Crippen LogP contribution in [0.1, 0.15) is 38.2 Å². The Balaban J connectivity index is 1.56. The Morgan fingerprint density at radius 1 is 1.13 bits per heavy atom. The second kappa shape index (κ2) is 10.7. The SMILES string of the molecule is CC(=O)N1CCC(N(CCNS(=O)(=O)Cc2ccc(F)cc2)C2CCOCC2)CC1. The summed E-state index contributed by atoms with van der Waals surface area (Å²) in [6.07, 6.45) is 3.68. The van der Waals surface area contributed by atoms with Gasteiger partial charge in [0.05, 0.1) is 5.75 Å². The van der Waals surface area contributed by atoms with Crippen LogP contribution in [-0.2, 0) is 25.3 Å². The Kier molecular flexibility index (Phi) is 8.21. The molecule has 1 aromatic rings. The van der Waals surface area contributed by atoms with Crippen LogP contribution in [-0.4, -0.2) is 75.6 Å². The van der Waals surface area contributed by atoms with E-state index in [2.05, 4.69) is 9.62 Å². The van der Waals surface area contributed by atoms with Gasteiger partial charge in [-0.15, -0.1) is 0 Å². The van der Waals surface area contributed by atoms with Gasteiger partial charge in [0.15, 0.2) is 0 Å². The number of hydrogen-bond donors (Lipinski definition) is 1. The number of likely N-dealkylation sites (tertiary alicyclic amines) is 1. The van der Waals surface area contributed by atoms with Gasteiger partial charge >= 0.3 is 0 Å². The summed E-state index contributed by atoms with van der Waals surface area (Å²) in [4.78, 5) is 15.9. The number of carbonyl (C=O) groups is 1. The molecule has 2 fully saturated rings. The lowest BCUT2D eigenvalue weighted by Gasteiger charge is -2.43. The fourth-order valence-electron chi connectivity index (χ4n) is 4.37. The largest absolute Gasteiger partial charge is 0.381 e. The van der Waals surface area contributed by atoms with Crippen molar-refractivity contribution in [1.82, 2.24) is 14.5 Å². The maximum atomic E-state index is 13.0. The number of ether oxygens (including phenoxy) is 1. The van der Waals surface area contributed by atoms with Gasteiger partial charge < -0.3 is 9.64 Å². The Morgan fingerprint density at radius 2 is 1.73 bits per heavy atom. The van der Waals surface area contributed by atoms with Gasteiger partial charge in [-0.05, 0) is 43.4 Å². The van der Waals surface area contributed by atoms with E-state index in [1.54, 1.807) is 6.92 Å². The smallest absolute Gasteiger partial charge is 0.219 e. The number of rotatable bonds is 8. The second-order valence-corrected chi connectivity index (χ2v) is 9.91. The van der Waals surface area contributed by atoms with Crippen molar-refractivity contribution >= 4 is 15.9 Å². The van der Waals surface area contributed by atoms with Crippen LogP contribution in [0, 0.1) is 5.82 Å². The average molecular weight is 442 g/mol. The molecule has 3 rings (SSSR count). The predicted octanol–water partition coefficient (Wildman–Crippen LogP) is 1.74. The van der Waals surface area contributed by atoms with Gasteiger partial charge in [0.1, 0.15) is 5.82 Å². The van der Waals surface area contributed by atoms with Crippen molar-refractivity contribution in [3.05, 3.63) is 35.6 Å². The predicted molar refractivity (Wildman–Crippen MR) is 113 cm³/mol. The van der Waals surface area contributed by atoms with Crippen molar-refractivity contribution in [2.75, 3.05) is 39.4 Å². The third-order valence-corrected chi connectivity index (χ3v) is 7.36. The van der Waals surface area contributed by atoms with Crippen LogP contribution in [0.2, 0.25) is 0 Å². The number of piperidine rings is 1. The Bertz CT molecular complexity index is 789. The van der Waals surface area contributed by atoms with Gasteiger partial charge in [-0.25, -0.2) is 17.5 Å². The fourth-order valence-corrected chi connectivity index (χ4v) is 5.51. The molecule has 9 heteroatoms. The highest BCUT2D eigenvalue weighted by Gasteiger charge is 2.31. The van der Waals surface area contributed by atoms with E-state index in [4.69, 9.17) is 4.74 Å². The zero-order valence-corrected chi connectivity index (χ0v) is 18.4. The molecule has 0 spiro atoms. The lowest BCUT2D eigenvalue weighted by Crippen LogP contribution is -2.53. The number of benzene rings is 1. The number of nitrogens with zero attached hydrogens (tertiary/aromatic N) is 2. The van der Waals surface area contributed by atoms with E-state index >= 15 is 0 Å². The van der Waals surface area contributed by atoms with E-state index in [1.165, 1.54) is 24.3 Å². The van der Waals surface area contributed by atoms with E-state index in [-0.39, 0.29) is 17.5 Å². The summed E-state index contributed by atoms with van der Waals surface area (Å²) in [6, 6.07) is 6.23. The van der Waals surface area contributed by atoms with Crippen molar-refractivity contribution in [2.45, 2.75) is 50.4 Å². The molecule has 0 radical (unpaired) electrons. The maximum Gasteiger partial charge on any atom is 0.219 e. The first kappa shape index (κ1) is 23.1. The van der Waals surface area contributed by atoms with E-state index in [1.807, 2.05) is 4.90 Å². The normalized spacial score (nSPS) is 19.4. The third-order valence-electron chi connectivity index (χ3n) is 6.00. The van der Waals surface area contributed by atoms with Gasteiger partial charge in [-0.2, -0.15) is 0 Å². The lowest BCUT2D eigenvalue weighted by atomic mass is 9.98. The topological polar surface area (TPSA) is 79.0 Å². The first-order chi connectivity index (χ1) is 14.3. The highest BCUT2D eigenvalue weighted by atomic mass is 32.2. The van der Waals surface area contributed by atoms with E-state index < -0.39 is 10.0 Å². The van der Waals surface area contributed by atoms with Crippen LogP contribution in [0.15, 0.2) is 24.3 Å². The molecule has 7 nitrogen and oxygen atoms in total. The Morgan fingerprint density at radius 3 is 2.33 bits per heavy atom. The maximum absolute atomic E-state index is 13.0. The summed E-state index contributed by atoms with van der Waals surface area (Å²) in [6.45, 7) is 5.50. The molecule has 1 aromatic carbocycles. The molecule has 30 heavy (non-hydrogen) atoms. The molecular formula is C21H32FN3O4S. The molecule has 1 amide bonds. The van der Waals surface area contributed by atoms with Crippen LogP contribution in [0.25, 0.3) is 0 Å². The van der Waals surface area contributed by atoms with Crippen LogP contribution < -0.4 is 4.72 Å². The minimum absolute atomic E-state index is 0.111. The van der Waals surface area contributed by atoms with Gasteiger partial charge in [-0.1, -0.05) is 12.1 Å². The van der Waals surface area contributed by atoms with E-state index in [0.717, 1.165) is 52.0 Å². The molecule has 0 bridgehead atoms. The van der Waals surface area contributed by atoms with Gasteiger partial charge in [0.2, 0.25) is 15.9 Å². The molecule has 2 saturated heterocycles. The van der Waals surface area contributed by atoms with Crippen molar-refractivity contribution < 1.29 is 22.3 Å². The number of hydrogen-bond acceptors (Lipinski definition) is 5. The Labute approximate surface area is 178 Å². The third kappa shape index (κ3) is 6.73. The summed E-state index contributed by atoms with van der Waals surface area (Å²) in [7, 11) is -3.50. The van der Waals surface area contributed by atoms with Gasteiger partial charge in [-0.3, -0.25) is 9.69 Å². The summed E-state index contributed by atoms with van der Waals surface area (Å²) in [5.74, 6) is -0.437. The standard InChI is InChI=1S/C21H32FN3O4S/c1-17(26)24-11-6-20(7-12-24)25(21-8-14-29-15-9-21)13-10-23-30(27,28)16-18-2-4-19(22)5-3-18/h2-5,20-21,23H,6-16H2,1H3. The van der Waals surface area contributed by atoms with Crippen molar-refractivity contribution in [3.8, 4) is 0 Å². The number of amides is 1. The molecule has 0 unspecified atom stereocenters. The molecule has 1 N–H and O–H groups in total. The fraction of sp³-hybridized carbons (Fsp3) is 0.667. The second-order valence-electron chi connectivity index (χ2n) is 8.10. The number of sulfonamides is 1. The minimum Gasteiger partial charge on any atom is -0.381 e. The monoisotopic (exact) mass is 441 g/mol. The quantitative estimate of drug-likeness (QED) is 0.665. The summed E-state index contributed by atoms with van der Waals surface area (Å²) in [5, 5.41) is 0. The van der Waals surface area contributed by atoms with Crippen molar-refractivity contribution in [2.24, 2.45) is 0 Å². The molecule has 0 atom stereocenters. The van der Waals surface area contributed by atoms with Crippen LogP contribution in [0.5, 0.6) is 0 Å².